The van der Waals surface area contributed by atoms with E-state index in [4.69, 9.17) is 0 Å². The first-order valence-electron chi connectivity index (χ1n) is 10.2. The van der Waals surface area contributed by atoms with E-state index in [1.165, 1.54) is 0 Å². The first kappa shape index (κ1) is 21.5. The molecule has 0 aromatic heterocycles. The molecule has 0 saturated heterocycles. The van der Waals surface area contributed by atoms with Crippen molar-refractivity contribution in [2.45, 2.75) is 31.7 Å². The minimum atomic E-state index is -0.977. The first-order chi connectivity index (χ1) is 14.4. The van der Waals surface area contributed by atoms with Crippen LogP contribution in [0.1, 0.15) is 45.0 Å². The molecule has 0 amide bonds. The van der Waals surface area contributed by atoms with Crippen molar-refractivity contribution in [1.82, 2.24) is 4.90 Å². The van der Waals surface area contributed by atoms with E-state index in [2.05, 4.69) is 6.07 Å². The number of rotatable bonds is 7. The Morgan fingerprint density at radius 2 is 1.43 bits per heavy atom. The van der Waals surface area contributed by atoms with Crippen LogP contribution in [0.15, 0.2) is 78.9 Å². The molecule has 3 heteroatoms. The number of hydrogen-bond acceptors (Lipinski definition) is 3. The molecule has 30 heavy (non-hydrogen) atoms. The summed E-state index contributed by atoms with van der Waals surface area (Å²) in [7, 11) is 3.82. The second-order valence-corrected chi connectivity index (χ2v) is 8.10. The minimum Gasteiger partial charge on any atom is -0.294 e. The van der Waals surface area contributed by atoms with Crippen LogP contribution in [0.4, 0.5) is 0 Å². The van der Waals surface area contributed by atoms with E-state index in [-0.39, 0.29) is 18.1 Å². The van der Waals surface area contributed by atoms with Crippen LogP contribution in [-0.2, 0) is 5.54 Å². The number of ketones is 1. The Hall–Kier alpha value is -3.22. The highest BCUT2D eigenvalue weighted by Gasteiger charge is 2.45. The molecule has 2 atom stereocenters. The number of Topliss-reactive ketones (excluding diaryl/α,β-unsaturated/α-hetero) is 1. The Morgan fingerprint density at radius 1 is 0.900 bits per heavy atom. The van der Waals surface area contributed by atoms with Gasteiger partial charge in [0.2, 0.25) is 0 Å². The van der Waals surface area contributed by atoms with Gasteiger partial charge in [-0.2, -0.15) is 5.26 Å². The van der Waals surface area contributed by atoms with Crippen molar-refractivity contribution in [2.24, 2.45) is 0 Å². The van der Waals surface area contributed by atoms with E-state index in [1.807, 2.05) is 112 Å². The van der Waals surface area contributed by atoms with Gasteiger partial charge in [-0.1, -0.05) is 90.0 Å². The van der Waals surface area contributed by atoms with Crippen LogP contribution in [0, 0.1) is 25.2 Å². The fourth-order valence-corrected chi connectivity index (χ4v) is 4.06. The predicted octanol–water partition coefficient (Wildman–Crippen LogP) is 5.64. The van der Waals surface area contributed by atoms with Crippen LogP contribution >= 0.6 is 0 Å². The van der Waals surface area contributed by atoms with Gasteiger partial charge in [-0.25, -0.2) is 0 Å². The number of aryl methyl sites for hydroxylation is 2. The molecule has 0 fully saturated rings. The molecule has 0 radical (unpaired) electrons. The third kappa shape index (κ3) is 4.20. The van der Waals surface area contributed by atoms with Crippen LogP contribution in [0.5, 0.6) is 0 Å². The average Bonchev–Trinajstić information content (AvgIpc) is 2.75. The number of likely N-dealkylation sites (N-methyl/N-ethyl adjacent to an activating group) is 1. The van der Waals surface area contributed by atoms with Crippen LogP contribution in [0.2, 0.25) is 0 Å². The van der Waals surface area contributed by atoms with Crippen LogP contribution in [-0.4, -0.2) is 24.8 Å². The fraction of sp³-hybridized carbons (Fsp3) is 0.259. The van der Waals surface area contributed by atoms with Crippen molar-refractivity contribution >= 4 is 5.78 Å². The number of nitriles is 1. The van der Waals surface area contributed by atoms with Crippen molar-refractivity contribution in [3.05, 3.63) is 107 Å². The molecule has 0 bridgehead atoms. The van der Waals surface area contributed by atoms with Crippen molar-refractivity contribution in [1.29, 1.82) is 5.26 Å². The maximum atomic E-state index is 13.3. The zero-order chi connectivity index (χ0) is 21.7. The van der Waals surface area contributed by atoms with Crippen LogP contribution < -0.4 is 0 Å². The highest BCUT2D eigenvalue weighted by Crippen LogP contribution is 2.43. The summed E-state index contributed by atoms with van der Waals surface area (Å²) in [6.07, 6.45) is 0.243. The zero-order valence-electron chi connectivity index (χ0n) is 18.1. The highest BCUT2D eigenvalue weighted by molar-refractivity contribution is 5.96. The zero-order valence-corrected chi connectivity index (χ0v) is 18.1. The topological polar surface area (TPSA) is 44.1 Å². The lowest BCUT2D eigenvalue weighted by molar-refractivity contribution is 0.0926. The Labute approximate surface area is 179 Å². The minimum absolute atomic E-state index is 0.0393. The maximum absolute atomic E-state index is 13.3. The number of carbonyl (C=O) groups excluding carboxylic acids is 1. The van der Waals surface area contributed by atoms with Gasteiger partial charge in [-0.3, -0.25) is 9.69 Å². The Kier molecular flexibility index (Phi) is 6.50. The van der Waals surface area contributed by atoms with E-state index < -0.39 is 5.54 Å². The van der Waals surface area contributed by atoms with Crippen molar-refractivity contribution in [3.8, 4) is 6.07 Å². The van der Waals surface area contributed by atoms with Crippen molar-refractivity contribution < 1.29 is 4.79 Å². The van der Waals surface area contributed by atoms with E-state index in [0.29, 0.717) is 5.56 Å². The summed E-state index contributed by atoms with van der Waals surface area (Å²) in [5.41, 5.74) is 3.83. The molecular formula is C27H28N2O. The summed E-state index contributed by atoms with van der Waals surface area (Å²) < 4.78 is 0. The van der Waals surface area contributed by atoms with E-state index in [0.717, 1.165) is 22.3 Å². The standard InChI is InChI=1S/C27H28N2O/c1-20-10-14-23(15-11-20)26(30)18-25(22-8-6-5-7-9-22)27(19-28,29(3)4)24-16-12-21(2)13-17-24/h5-17,25H,18H2,1-4H3. The van der Waals surface area contributed by atoms with Gasteiger partial charge in [0.1, 0.15) is 5.54 Å². The van der Waals surface area contributed by atoms with E-state index >= 15 is 0 Å². The number of benzene rings is 3. The molecule has 0 aliphatic rings. The van der Waals surface area contributed by atoms with E-state index in [1.54, 1.807) is 0 Å². The quantitative estimate of drug-likeness (QED) is 0.485. The van der Waals surface area contributed by atoms with Gasteiger partial charge in [-0.15, -0.1) is 0 Å². The third-order valence-electron chi connectivity index (χ3n) is 5.84. The molecule has 3 nitrogen and oxygen atoms in total. The molecule has 3 aromatic carbocycles. The van der Waals surface area contributed by atoms with Gasteiger partial charge in [-0.05, 0) is 39.1 Å². The number of hydrogen-bond donors (Lipinski definition) is 0. The molecule has 3 aromatic rings. The normalized spacial score (nSPS) is 14.0. The summed E-state index contributed by atoms with van der Waals surface area (Å²) in [5, 5.41) is 10.5. The summed E-state index contributed by atoms with van der Waals surface area (Å²) in [6, 6.07) is 28.2. The molecule has 0 aliphatic carbocycles. The maximum Gasteiger partial charge on any atom is 0.163 e. The number of carbonyl (C=O) groups is 1. The number of nitrogens with zero attached hydrogens (tertiary/aromatic N) is 2. The molecule has 0 heterocycles. The lowest BCUT2D eigenvalue weighted by atomic mass is 9.71. The van der Waals surface area contributed by atoms with Crippen molar-refractivity contribution in [2.75, 3.05) is 14.1 Å². The Morgan fingerprint density at radius 3 is 1.93 bits per heavy atom. The summed E-state index contributed by atoms with van der Waals surface area (Å²) in [5.74, 6) is -0.285. The third-order valence-corrected chi connectivity index (χ3v) is 5.84. The fourth-order valence-electron chi connectivity index (χ4n) is 4.06. The molecular weight excluding hydrogens is 368 g/mol. The lowest BCUT2D eigenvalue weighted by Crippen LogP contribution is -2.46. The van der Waals surface area contributed by atoms with Gasteiger partial charge in [0.15, 0.2) is 5.78 Å². The smallest absolute Gasteiger partial charge is 0.163 e. The molecule has 152 valence electrons. The van der Waals surface area contributed by atoms with E-state index in [9.17, 15) is 10.1 Å². The molecule has 2 unspecified atom stereocenters. The SMILES string of the molecule is Cc1ccc(C(=O)CC(c2ccccc2)C(C#N)(c2ccc(C)cc2)N(C)C)cc1. The van der Waals surface area contributed by atoms with Gasteiger partial charge in [0, 0.05) is 17.9 Å². The van der Waals surface area contributed by atoms with Gasteiger partial charge in [0.25, 0.3) is 0 Å². The molecule has 0 saturated carbocycles. The monoisotopic (exact) mass is 396 g/mol. The van der Waals surface area contributed by atoms with Crippen LogP contribution in [0.3, 0.4) is 0 Å². The van der Waals surface area contributed by atoms with Gasteiger partial charge >= 0.3 is 0 Å². The van der Waals surface area contributed by atoms with Crippen LogP contribution in [0.25, 0.3) is 0 Å². The van der Waals surface area contributed by atoms with Gasteiger partial charge in [0.05, 0.1) is 6.07 Å². The summed E-state index contributed by atoms with van der Waals surface area (Å²) in [6.45, 7) is 4.04. The molecule has 0 aliphatic heterocycles. The molecule has 3 rings (SSSR count). The highest BCUT2D eigenvalue weighted by atomic mass is 16.1. The first-order valence-corrected chi connectivity index (χ1v) is 10.2. The Bertz CT molecular complexity index is 1030. The average molecular weight is 397 g/mol. The summed E-state index contributed by atoms with van der Waals surface area (Å²) >= 11 is 0. The van der Waals surface area contributed by atoms with Gasteiger partial charge < -0.3 is 0 Å². The largest absolute Gasteiger partial charge is 0.294 e. The summed E-state index contributed by atoms with van der Waals surface area (Å²) in [4.78, 5) is 15.2. The second kappa shape index (κ2) is 9.07. The lowest BCUT2D eigenvalue weighted by Gasteiger charge is -2.41. The Balaban J connectivity index is 2.13. The predicted molar refractivity (Wildman–Crippen MR) is 121 cm³/mol. The molecule has 0 N–H and O–H groups in total. The van der Waals surface area contributed by atoms with Crippen molar-refractivity contribution in [3.63, 3.8) is 0 Å². The molecule has 0 spiro atoms. The second-order valence-electron chi connectivity index (χ2n) is 8.10.